The summed E-state index contributed by atoms with van der Waals surface area (Å²) in [7, 11) is 1.53. The molecular weight excluding hydrogens is 460 g/mol. The van der Waals surface area contributed by atoms with E-state index in [1.54, 1.807) is 36.5 Å². The molecule has 0 aliphatic carbocycles. The van der Waals surface area contributed by atoms with Crippen LogP contribution in [0, 0.1) is 0 Å². The predicted octanol–water partition coefficient (Wildman–Crippen LogP) is 3.04. The van der Waals surface area contributed by atoms with E-state index in [1.807, 2.05) is 30.3 Å². The molecule has 1 heterocycles. The van der Waals surface area contributed by atoms with E-state index in [4.69, 9.17) is 4.74 Å². The number of aromatic hydroxyl groups is 1. The molecule has 0 bridgehead atoms. The molecule has 2 aromatic carbocycles. The number of methoxy groups -OCH3 is 1. The van der Waals surface area contributed by atoms with Crippen molar-refractivity contribution in [2.24, 2.45) is 0 Å². The van der Waals surface area contributed by atoms with Crippen molar-refractivity contribution in [2.75, 3.05) is 25.6 Å². The number of hydrogen-bond donors (Lipinski definition) is 3. The van der Waals surface area contributed by atoms with E-state index in [0.717, 1.165) is 5.56 Å². The third-order valence-electron chi connectivity index (χ3n) is 5.39. The lowest BCUT2D eigenvalue weighted by Gasteiger charge is -2.31. The van der Waals surface area contributed by atoms with Crippen LogP contribution in [0.5, 0.6) is 5.75 Å². The SMILES string of the molecule is COCCNC(=O)C(c1ccc(O)cc1)N(Cc1ccccc1)C(=O)CCC(=O)Nc1ccccn1. The minimum Gasteiger partial charge on any atom is -0.508 e. The lowest BCUT2D eigenvalue weighted by molar-refractivity contribution is -0.142. The van der Waals surface area contributed by atoms with Crippen molar-refractivity contribution < 1.29 is 24.2 Å². The monoisotopic (exact) mass is 490 g/mol. The lowest BCUT2D eigenvalue weighted by atomic mass is 10.0. The van der Waals surface area contributed by atoms with Crippen molar-refractivity contribution in [3.05, 3.63) is 90.1 Å². The number of phenols is 1. The molecule has 9 heteroatoms. The molecule has 0 aliphatic rings. The van der Waals surface area contributed by atoms with Gasteiger partial charge in [-0.05, 0) is 35.4 Å². The number of nitrogens with zero attached hydrogens (tertiary/aromatic N) is 2. The van der Waals surface area contributed by atoms with E-state index in [1.165, 1.54) is 24.1 Å². The average molecular weight is 491 g/mol. The summed E-state index contributed by atoms with van der Waals surface area (Å²) in [5, 5.41) is 15.2. The summed E-state index contributed by atoms with van der Waals surface area (Å²) >= 11 is 0. The summed E-state index contributed by atoms with van der Waals surface area (Å²) in [6.07, 6.45) is 1.38. The predicted molar refractivity (Wildman–Crippen MR) is 135 cm³/mol. The van der Waals surface area contributed by atoms with Gasteiger partial charge in [0.2, 0.25) is 17.7 Å². The number of rotatable bonds is 12. The molecule has 188 valence electrons. The normalized spacial score (nSPS) is 11.4. The van der Waals surface area contributed by atoms with Gasteiger partial charge in [-0.3, -0.25) is 14.4 Å². The van der Waals surface area contributed by atoms with Crippen LogP contribution >= 0.6 is 0 Å². The molecule has 0 aliphatic heterocycles. The van der Waals surface area contributed by atoms with Crippen LogP contribution in [-0.2, 0) is 25.7 Å². The Morgan fingerprint density at radius 3 is 2.36 bits per heavy atom. The zero-order chi connectivity index (χ0) is 25.8. The number of phenolic OH excluding ortho intramolecular Hbond substituents is 1. The van der Waals surface area contributed by atoms with Gasteiger partial charge in [0.15, 0.2) is 0 Å². The van der Waals surface area contributed by atoms with Crippen molar-refractivity contribution in [1.82, 2.24) is 15.2 Å². The Balaban J connectivity index is 1.84. The molecule has 3 amide bonds. The molecule has 3 rings (SSSR count). The van der Waals surface area contributed by atoms with Crippen molar-refractivity contribution in [3.63, 3.8) is 0 Å². The molecule has 9 nitrogen and oxygen atoms in total. The van der Waals surface area contributed by atoms with E-state index in [-0.39, 0.29) is 49.4 Å². The summed E-state index contributed by atoms with van der Waals surface area (Å²) in [4.78, 5) is 44.8. The molecular formula is C27H30N4O5. The van der Waals surface area contributed by atoms with Crippen LogP contribution < -0.4 is 10.6 Å². The molecule has 0 saturated carbocycles. The number of aromatic nitrogens is 1. The van der Waals surface area contributed by atoms with Crippen LogP contribution in [0.3, 0.4) is 0 Å². The Morgan fingerprint density at radius 1 is 0.972 bits per heavy atom. The second kappa shape index (κ2) is 13.6. The van der Waals surface area contributed by atoms with Gasteiger partial charge in [-0.1, -0.05) is 48.5 Å². The molecule has 0 fully saturated rings. The fourth-order valence-corrected chi connectivity index (χ4v) is 3.61. The van der Waals surface area contributed by atoms with E-state index in [0.29, 0.717) is 18.0 Å². The van der Waals surface area contributed by atoms with Crippen LogP contribution in [0.4, 0.5) is 5.82 Å². The number of carbonyl (C=O) groups excluding carboxylic acids is 3. The summed E-state index contributed by atoms with van der Waals surface area (Å²) in [5.41, 5.74) is 1.36. The standard InChI is InChI=1S/C27H30N4O5/c1-36-18-17-29-27(35)26(21-10-12-22(32)13-11-21)31(19-20-7-3-2-4-8-20)25(34)15-14-24(33)30-23-9-5-6-16-28-23/h2-13,16,26,32H,14-15,17-19H2,1H3,(H,29,35)(H,28,30,33). The van der Waals surface area contributed by atoms with Gasteiger partial charge in [0.05, 0.1) is 6.61 Å². The molecule has 36 heavy (non-hydrogen) atoms. The van der Waals surface area contributed by atoms with E-state index in [9.17, 15) is 19.5 Å². The lowest BCUT2D eigenvalue weighted by Crippen LogP contribution is -2.44. The molecule has 0 spiro atoms. The second-order valence-electron chi connectivity index (χ2n) is 8.05. The van der Waals surface area contributed by atoms with Crippen molar-refractivity contribution in [2.45, 2.75) is 25.4 Å². The summed E-state index contributed by atoms with van der Waals surface area (Å²) in [6.45, 7) is 0.739. The summed E-state index contributed by atoms with van der Waals surface area (Å²) in [6, 6.07) is 19.6. The Bertz CT molecular complexity index is 1120. The maximum Gasteiger partial charge on any atom is 0.247 e. The first-order valence-electron chi connectivity index (χ1n) is 11.6. The Hall–Kier alpha value is -4.24. The molecule has 3 aromatic rings. The van der Waals surface area contributed by atoms with Crippen molar-refractivity contribution in [3.8, 4) is 5.75 Å². The number of anilines is 1. The molecule has 1 atom stereocenters. The highest BCUT2D eigenvalue weighted by molar-refractivity contribution is 5.94. The number of ether oxygens (including phenoxy) is 1. The number of nitrogens with one attached hydrogen (secondary N) is 2. The van der Waals surface area contributed by atoms with Gasteiger partial charge in [0.1, 0.15) is 17.6 Å². The van der Waals surface area contributed by atoms with Crippen LogP contribution in [0.2, 0.25) is 0 Å². The molecule has 1 unspecified atom stereocenters. The molecule has 3 N–H and O–H groups in total. The number of carbonyl (C=O) groups is 3. The zero-order valence-corrected chi connectivity index (χ0v) is 20.1. The van der Waals surface area contributed by atoms with Crippen molar-refractivity contribution in [1.29, 1.82) is 0 Å². The summed E-state index contributed by atoms with van der Waals surface area (Å²) < 4.78 is 5.03. The number of pyridine rings is 1. The van der Waals surface area contributed by atoms with E-state index >= 15 is 0 Å². The Labute approximate surface area is 210 Å². The first-order chi connectivity index (χ1) is 17.5. The van der Waals surface area contributed by atoms with Crippen LogP contribution in [-0.4, -0.2) is 53.0 Å². The highest BCUT2D eigenvalue weighted by atomic mass is 16.5. The molecule has 0 radical (unpaired) electrons. The number of amides is 3. The Morgan fingerprint density at radius 2 is 1.69 bits per heavy atom. The minimum atomic E-state index is -0.978. The quantitative estimate of drug-likeness (QED) is 0.336. The van der Waals surface area contributed by atoms with Gasteiger partial charge in [-0.2, -0.15) is 0 Å². The highest BCUT2D eigenvalue weighted by Gasteiger charge is 2.31. The topological polar surface area (TPSA) is 121 Å². The summed E-state index contributed by atoms with van der Waals surface area (Å²) in [5.74, 6) is -0.664. The fraction of sp³-hybridized carbons (Fsp3) is 0.259. The van der Waals surface area contributed by atoms with Crippen LogP contribution in [0.15, 0.2) is 79.0 Å². The van der Waals surface area contributed by atoms with Gasteiger partial charge in [0.25, 0.3) is 0 Å². The third-order valence-corrected chi connectivity index (χ3v) is 5.39. The van der Waals surface area contributed by atoms with Gasteiger partial charge in [-0.15, -0.1) is 0 Å². The average Bonchev–Trinajstić information content (AvgIpc) is 2.89. The first kappa shape index (κ1) is 26.4. The number of hydrogen-bond acceptors (Lipinski definition) is 6. The maximum absolute atomic E-state index is 13.5. The highest BCUT2D eigenvalue weighted by Crippen LogP contribution is 2.26. The van der Waals surface area contributed by atoms with Gasteiger partial charge in [-0.25, -0.2) is 4.98 Å². The van der Waals surface area contributed by atoms with Gasteiger partial charge >= 0.3 is 0 Å². The first-order valence-corrected chi connectivity index (χ1v) is 11.6. The van der Waals surface area contributed by atoms with Crippen molar-refractivity contribution >= 4 is 23.5 Å². The third kappa shape index (κ3) is 7.92. The Kier molecular flexibility index (Phi) is 9.96. The zero-order valence-electron chi connectivity index (χ0n) is 20.1. The van der Waals surface area contributed by atoms with Crippen LogP contribution in [0.25, 0.3) is 0 Å². The molecule has 1 aromatic heterocycles. The minimum absolute atomic E-state index is 0.0458. The smallest absolute Gasteiger partial charge is 0.247 e. The van der Waals surface area contributed by atoms with E-state index in [2.05, 4.69) is 15.6 Å². The maximum atomic E-state index is 13.5. The van der Waals surface area contributed by atoms with E-state index < -0.39 is 6.04 Å². The van der Waals surface area contributed by atoms with Gasteiger partial charge in [0, 0.05) is 39.2 Å². The van der Waals surface area contributed by atoms with Gasteiger partial charge < -0.3 is 25.4 Å². The molecule has 0 saturated heterocycles. The fourth-order valence-electron chi connectivity index (χ4n) is 3.61. The largest absolute Gasteiger partial charge is 0.508 e. The number of benzene rings is 2. The van der Waals surface area contributed by atoms with Crippen LogP contribution in [0.1, 0.15) is 30.0 Å². The second-order valence-corrected chi connectivity index (χ2v) is 8.05.